The van der Waals surface area contributed by atoms with Crippen molar-refractivity contribution < 1.29 is 14.7 Å². The lowest BCUT2D eigenvalue weighted by molar-refractivity contribution is -0.122. The van der Waals surface area contributed by atoms with E-state index in [0.717, 1.165) is 38.5 Å². The smallest absolute Gasteiger partial charge is 0.261 e. The van der Waals surface area contributed by atoms with Gasteiger partial charge >= 0.3 is 0 Å². The molecular weight excluding hydrogens is 312 g/mol. The molecule has 1 aromatic heterocycles. The van der Waals surface area contributed by atoms with E-state index in [1.165, 1.54) is 23.3 Å². The molecule has 0 radical (unpaired) electrons. The molecule has 0 unspecified atom stereocenters. The molecule has 0 atom stereocenters. The van der Waals surface area contributed by atoms with Gasteiger partial charge in [0.1, 0.15) is 0 Å². The summed E-state index contributed by atoms with van der Waals surface area (Å²) in [4.78, 5) is 26.3. The fourth-order valence-corrected chi connectivity index (χ4v) is 4.73. The number of carbonyl (C=O) groups is 2. The number of hydrogen-bond donors (Lipinski definition) is 3. The summed E-state index contributed by atoms with van der Waals surface area (Å²) in [6, 6.07) is 1.97. The van der Waals surface area contributed by atoms with Gasteiger partial charge in [-0.3, -0.25) is 9.59 Å². The van der Waals surface area contributed by atoms with Gasteiger partial charge in [-0.2, -0.15) is 0 Å². The second-order valence-corrected chi connectivity index (χ2v) is 7.78. The van der Waals surface area contributed by atoms with E-state index in [2.05, 4.69) is 10.6 Å². The van der Waals surface area contributed by atoms with Crippen LogP contribution in [0.5, 0.6) is 0 Å². The molecule has 0 saturated heterocycles. The van der Waals surface area contributed by atoms with E-state index in [-0.39, 0.29) is 25.0 Å². The predicted octanol–water partition coefficient (Wildman–Crippen LogP) is 1.78. The van der Waals surface area contributed by atoms with Crippen molar-refractivity contribution in [3.05, 3.63) is 21.4 Å². The Morgan fingerprint density at radius 3 is 2.61 bits per heavy atom. The Morgan fingerprint density at radius 1 is 1.17 bits per heavy atom. The maximum atomic E-state index is 12.2. The number of aliphatic hydroxyl groups is 1. The maximum absolute atomic E-state index is 12.2. The molecule has 0 bridgehead atoms. The van der Waals surface area contributed by atoms with E-state index in [1.54, 1.807) is 11.3 Å². The summed E-state index contributed by atoms with van der Waals surface area (Å²) in [5.74, 6) is -0.403. The fraction of sp³-hybridized carbons (Fsp3) is 0.647. The van der Waals surface area contributed by atoms with Gasteiger partial charge in [-0.25, -0.2) is 0 Å². The van der Waals surface area contributed by atoms with Crippen LogP contribution >= 0.6 is 11.3 Å². The van der Waals surface area contributed by atoms with Crippen LogP contribution in [0.3, 0.4) is 0 Å². The highest BCUT2D eigenvalue weighted by molar-refractivity contribution is 7.14. The summed E-state index contributed by atoms with van der Waals surface area (Å²) in [5.41, 5.74) is 0.810. The lowest BCUT2D eigenvalue weighted by Crippen LogP contribution is -2.52. The van der Waals surface area contributed by atoms with Crippen molar-refractivity contribution in [2.24, 2.45) is 0 Å². The molecule has 3 rings (SSSR count). The summed E-state index contributed by atoms with van der Waals surface area (Å²) in [7, 11) is 0. The van der Waals surface area contributed by atoms with Gasteiger partial charge in [0.25, 0.3) is 5.91 Å². The minimum atomic E-state index is -0.482. The third-order valence-corrected chi connectivity index (χ3v) is 6.13. The first-order valence-electron chi connectivity index (χ1n) is 8.43. The van der Waals surface area contributed by atoms with Gasteiger partial charge < -0.3 is 15.7 Å². The van der Waals surface area contributed by atoms with Crippen molar-refractivity contribution in [2.45, 2.75) is 56.9 Å². The molecule has 23 heavy (non-hydrogen) atoms. The maximum Gasteiger partial charge on any atom is 0.261 e. The monoisotopic (exact) mass is 336 g/mol. The second kappa shape index (κ2) is 7.01. The Bertz CT molecular complexity index is 567. The largest absolute Gasteiger partial charge is 0.394 e. The van der Waals surface area contributed by atoms with E-state index in [4.69, 9.17) is 0 Å². The van der Waals surface area contributed by atoms with Gasteiger partial charge in [0.15, 0.2) is 0 Å². The minimum absolute atomic E-state index is 0.0374. The Labute approximate surface area is 140 Å². The molecule has 0 aliphatic heterocycles. The molecule has 126 valence electrons. The number of hydrogen-bond acceptors (Lipinski definition) is 4. The number of carbonyl (C=O) groups excluding carboxylic acids is 2. The molecule has 2 aliphatic carbocycles. The van der Waals surface area contributed by atoms with Gasteiger partial charge in [0.2, 0.25) is 5.91 Å². The third-order valence-electron chi connectivity index (χ3n) is 4.90. The lowest BCUT2D eigenvalue weighted by atomic mass is 9.99. The predicted molar refractivity (Wildman–Crippen MR) is 89.7 cm³/mol. The molecule has 6 heteroatoms. The summed E-state index contributed by atoms with van der Waals surface area (Å²) in [5, 5.41) is 15.1. The average Bonchev–Trinajstić information content (AvgIpc) is 3.19. The lowest BCUT2D eigenvalue weighted by Gasteiger charge is -2.27. The van der Waals surface area contributed by atoms with Crippen LogP contribution in [-0.2, 0) is 17.6 Å². The topological polar surface area (TPSA) is 78.4 Å². The highest BCUT2D eigenvalue weighted by atomic mass is 32.1. The van der Waals surface area contributed by atoms with Crippen LogP contribution in [-0.4, -0.2) is 35.6 Å². The quantitative estimate of drug-likeness (QED) is 0.767. The summed E-state index contributed by atoms with van der Waals surface area (Å²) in [6.07, 6.45) is 8.16. The Morgan fingerprint density at radius 2 is 1.91 bits per heavy atom. The summed E-state index contributed by atoms with van der Waals surface area (Å²) < 4.78 is 0. The average molecular weight is 336 g/mol. The van der Waals surface area contributed by atoms with Crippen molar-refractivity contribution in [3.8, 4) is 0 Å². The zero-order chi connectivity index (χ0) is 16.3. The van der Waals surface area contributed by atoms with Crippen LogP contribution < -0.4 is 10.6 Å². The van der Waals surface area contributed by atoms with Crippen molar-refractivity contribution >= 4 is 23.2 Å². The van der Waals surface area contributed by atoms with Crippen LogP contribution in [0.2, 0.25) is 0 Å². The SMILES string of the molecule is O=C(CNC(=O)c1cc2c(s1)CCCC2)NC1(CO)CCCC1. The Balaban J connectivity index is 1.52. The Hall–Kier alpha value is -1.40. The van der Waals surface area contributed by atoms with E-state index < -0.39 is 5.54 Å². The zero-order valence-electron chi connectivity index (χ0n) is 13.3. The summed E-state index contributed by atoms with van der Waals surface area (Å²) in [6.45, 7) is -0.0759. The van der Waals surface area contributed by atoms with E-state index in [9.17, 15) is 14.7 Å². The van der Waals surface area contributed by atoms with Crippen molar-refractivity contribution in [3.63, 3.8) is 0 Å². The van der Waals surface area contributed by atoms with Gasteiger partial charge in [-0.1, -0.05) is 12.8 Å². The van der Waals surface area contributed by atoms with Crippen molar-refractivity contribution in [2.75, 3.05) is 13.2 Å². The first-order chi connectivity index (χ1) is 11.1. The second-order valence-electron chi connectivity index (χ2n) is 6.64. The molecule has 3 N–H and O–H groups in total. The number of aryl methyl sites for hydroxylation is 2. The first-order valence-corrected chi connectivity index (χ1v) is 9.25. The van der Waals surface area contributed by atoms with E-state index in [1.807, 2.05) is 6.07 Å². The molecule has 0 aromatic carbocycles. The van der Waals surface area contributed by atoms with Crippen molar-refractivity contribution in [1.29, 1.82) is 0 Å². The van der Waals surface area contributed by atoms with Crippen LogP contribution in [0.1, 0.15) is 58.6 Å². The number of aliphatic hydroxyl groups excluding tert-OH is 1. The number of fused-ring (bicyclic) bond motifs is 1. The summed E-state index contributed by atoms with van der Waals surface area (Å²) >= 11 is 1.55. The zero-order valence-corrected chi connectivity index (χ0v) is 14.1. The molecule has 1 fully saturated rings. The molecule has 1 saturated carbocycles. The standard InChI is InChI=1S/C17H24N2O3S/c20-11-17(7-3-4-8-17)19-15(21)10-18-16(22)14-9-12-5-1-2-6-13(12)23-14/h9,20H,1-8,10-11H2,(H,18,22)(H,19,21). The molecule has 2 aliphatic rings. The van der Waals surface area contributed by atoms with Crippen LogP contribution in [0, 0.1) is 0 Å². The number of thiophene rings is 1. The molecule has 2 amide bonds. The van der Waals surface area contributed by atoms with Gasteiger partial charge in [-0.15, -0.1) is 11.3 Å². The minimum Gasteiger partial charge on any atom is -0.394 e. The highest BCUT2D eigenvalue weighted by Gasteiger charge is 2.34. The molecule has 0 spiro atoms. The number of rotatable bonds is 5. The molecule has 5 nitrogen and oxygen atoms in total. The van der Waals surface area contributed by atoms with Gasteiger partial charge in [-0.05, 0) is 50.2 Å². The first kappa shape index (κ1) is 16.5. The van der Waals surface area contributed by atoms with E-state index >= 15 is 0 Å². The molecular formula is C17H24N2O3S. The van der Waals surface area contributed by atoms with E-state index in [0.29, 0.717) is 4.88 Å². The van der Waals surface area contributed by atoms with Crippen LogP contribution in [0.4, 0.5) is 0 Å². The molecule has 1 aromatic rings. The van der Waals surface area contributed by atoms with Gasteiger partial charge in [0.05, 0.1) is 23.6 Å². The number of nitrogens with one attached hydrogen (secondary N) is 2. The van der Waals surface area contributed by atoms with Gasteiger partial charge in [0, 0.05) is 4.88 Å². The molecule has 1 heterocycles. The Kier molecular flexibility index (Phi) is 5.02. The number of amides is 2. The fourth-order valence-electron chi connectivity index (χ4n) is 3.56. The van der Waals surface area contributed by atoms with Crippen LogP contribution in [0.25, 0.3) is 0 Å². The van der Waals surface area contributed by atoms with Crippen molar-refractivity contribution in [1.82, 2.24) is 10.6 Å². The third kappa shape index (κ3) is 3.75. The van der Waals surface area contributed by atoms with Crippen LogP contribution in [0.15, 0.2) is 6.07 Å². The normalized spacial score (nSPS) is 19.2. The highest BCUT2D eigenvalue weighted by Crippen LogP contribution is 2.30.